The van der Waals surface area contributed by atoms with Gasteiger partial charge in [-0.25, -0.2) is 0 Å². The smallest absolute Gasteiger partial charge is 0.335 e. The fourth-order valence-corrected chi connectivity index (χ4v) is 3.26. The van der Waals surface area contributed by atoms with E-state index in [2.05, 4.69) is 5.32 Å². The Hall–Kier alpha value is -2.80. The Bertz CT molecular complexity index is 1090. The number of aryl methyl sites for hydroxylation is 1. The van der Waals surface area contributed by atoms with Gasteiger partial charge in [-0.15, -0.1) is 0 Å². The topological polar surface area (TPSA) is 51.1 Å². The largest absolute Gasteiger partial charge is 0.454 e. The van der Waals surface area contributed by atoms with Crippen molar-refractivity contribution in [2.24, 2.45) is 0 Å². The summed E-state index contributed by atoms with van der Waals surface area (Å²) < 4.78 is 40.5. The molecule has 2 aromatic carbocycles. The molecule has 3 aromatic rings. The molecule has 3 rings (SSSR count). The number of nitrogens with one attached hydrogen (secondary N) is 1. The number of carbonyl (C=O) groups is 2. The van der Waals surface area contributed by atoms with Crippen molar-refractivity contribution in [3.8, 4) is 0 Å². The molecule has 0 saturated carbocycles. The Morgan fingerprint density at radius 3 is 2.43 bits per heavy atom. The number of hydrogen-bond acceptors (Lipinski definition) is 2. The zero-order valence-corrected chi connectivity index (χ0v) is 15.8. The number of rotatable bonds is 4. The molecule has 0 unspecified atom stereocenters. The molecule has 1 N–H and O–H groups in total. The van der Waals surface area contributed by atoms with Gasteiger partial charge in [-0.2, -0.15) is 13.2 Å². The van der Waals surface area contributed by atoms with Crippen molar-refractivity contribution in [1.82, 2.24) is 4.57 Å². The maximum Gasteiger partial charge on any atom is 0.454 e. The number of ketones is 1. The predicted octanol–water partition coefficient (Wildman–Crippen LogP) is 5.30. The standard InChI is InChI=1S/C20H16ClF3N2O2/c1-11-7-8-13(9-15(11)21)25-17(27)10-26-12(2)18(19(28)20(22,23)24)14-5-3-4-6-16(14)26/h3-9H,10H2,1-2H3,(H,25,27). The highest BCUT2D eigenvalue weighted by molar-refractivity contribution is 6.31. The minimum absolute atomic E-state index is 0.0839. The Morgan fingerprint density at radius 1 is 1.11 bits per heavy atom. The first kappa shape index (κ1) is 19.9. The van der Waals surface area contributed by atoms with Gasteiger partial charge in [0.05, 0.1) is 5.56 Å². The Morgan fingerprint density at radius 2 is 1.79 bits per heavy atom. The van der Waals surface area contributed by atoms with Gasteiger partial charge in [0.2, 0.25) is 5.91 Å². The van der Waals surface area contributed by atoms with Crippen LogP contribution in [0.15, 0.2) is 42.5 Å². The quantitative estimate of drug-likeness (QED) is 0.596. The van der Waals surface area contributed by atoms with Gasteiger partial charge < -0.3 is 9.88 Å². The van der Waals surface area contributed by atoms with Crippen LogP contribution >= 0.6 is 11.6 Å². The molecule has 0 aliphatic heterocycles. The van der Waals surface area contributed by atoms with Gasteiger partial charge in [-0.05, 0) is 37.6 Å². The van der Waals surface area contributed by atoms with Gasteiger partial charge in [0.25, 0.3) is 5.78 Å². The number of benzene rings is 2. The number of carbonyl (C=O) groups excluding carboxylic acids is 2. The minimum Gasteiger partial charge on any atom is -0.335 e. The maximum atomic E-state index is 13.0. The lowest BCUT2D eigenvalue weighted by molar-refractivity contribution is -0.116. The number of nitrogens with zero attached hydrogens (tertiary/aromatic N) is 1. The fraction of sp³-hybridized carbons (Fsp3) is 0.200. The average Bonchev–Trinajstić information content (AvgIpc) is 2.89. The van der Waals surface area contributed by atoms with Crippen LogP contribution in [0.3, 0.4) is 0 Å². The molecule has 0 aliphatic carbocycles. The second-order valence-electron chi connectivity index (χ2n) is 6.40. The van der Waals surface area contributed by atoms with E-state index in [1.807, 2.05) is 6.92 Å². The number of fused-ring (bicyclic) bond motifs is 1. The van der Waals surface area contributed by atoms with Gasteiger partial charge in [0.15, 0.2) is 0 Å². The Labute approximate surface area is 163 Å². The summed E-state index contributed by atoms with van der Waals surface area (Å²) in [6.45, 7) is 2.97. The van der Waals surface area contributed by atoms with Crippen LogP contribution in [0.1, 0.15) is 21.6 Å². The van der Waals surface area contributed by atoms with Crippen molar-refractivity contribution < 1.29 is 22.8 Å². The Balaban J connectivity index is 1.97. The van der Waals surface area contributed by atoms with Gasteiger partial charge in [-0.1, -0.05) is 35.9 Å². The lowest BCUT2D eigenvalue weighted by Crippen LogP contribution is -2.24. The van der Waals surface area contributed by atoms with E-state index in [0.717, 1.165) is 5.56 Å². The number of amides is 1. The predicted molar refractivity (Wildman–Crippen MR) is 102 cm³/mol. The van der Waals surface area contributed by atoms with Crippen LogP contribution in [0.5, 0.6) is 0 Å². The van der Waals surface area contributed by atoms with Gasteiger partial charge in [0, 0.05) is 27.3 Å². The number of para-hydroxylation sites is 1. The number of hydrogen-bond donors (Lipinski definition) is 1. The van der Waals surface area contributed by atoms with Crippen molar-refractivity contribution in [3.63, 3.8) is 0 Å². The maximum absolute atomic E-state index is 13.0. The zero-order valence-electron chi connectivity index (χ0n) is 15.0. The van der Waals surface area contributed by atoms with Crippen LogP contribution in [0.2, 0.25) is 5.02 Å². The van der Waals surface area contributed by atoms with Crippen molar-refractivity contribution in [2.45, 2.75) is 26.6 Å². The molecule has 146 valence electrons. The summed E-state index contributed by atoms with van der Waals surface area (Å²) in [5.74, 6) is -2.37. The van der Waals surface area contributed by atoms with E-state index in [1.165, 1.54) is 17.6 Å². The summed E-state index contributed by atoms with van der Waals surface area (Å²) in [7, 11) is 0. The summed E-state index contributed by atoms with van der Waals surface area (Å²) in [6, 6.07) is 11.2. The highest BCUT2D eigenvalue weighted by Crippen LogP contribution is 2.31. The molecule has 0 radical (unpaired) electrons. The van der Waals surface area contributed by atoms with Crippen molar-refractivity contribution in [2.75, 3.05) is 5.32 Å². The van der Waals surface area contributed by atoms with Crippen LogP contribution in [-0.2, 0) is 11.3 Å². The van der Waals surface area contributed by atoms with Crippen molar-refractivity contribution in [1.29, 1.82) is 0 Å². The van der Waals surface area contributed by atoms with E-state index in [1.54, 1.807) is 36.4 Å². The third-order valence-corrected chi connectivity index (χ3v) is 4.88. The molecule has 0 spiro atoms. The third kappa shape index (κ3) is 3.75. The van der Waals surface area contributed by atoms with E-state index in [9.17, 15) is 22.8 Å². The Kier molecular flexibility index (Phi) is 5.21. The molecule has 8 heteroatoms. The van der Waals surface area contributed by atoms with E-state index in [0.29, 0.717) is 16.2 Å². The fourth-order valence-electron chi connectivity index (χ4n) is 3.08. The third-order valence-electron chi connectivity index (χ3n) is 4.47. The number of anilines is 1. The normalized spacial score (nSPS) is 11.6. The highest BCUT2D eigenvalue weighted by atomic mass is 35.5. The van der Waals surface area contributed by atoms with Crippen LogP contribution in [0.4, 0.5) is 18.9 Å². The van der Waals surface area contributed by atoms with Gasteiger partial charge in [0.1, 0.15) is 6.54 Å². The first-order chi connectivity index (χ1) is 13.1. The summed E-state index contributed by atoms with van der Waals surface area (Å²) in [6.07, 6.45) is -5.00. The van der Waals surface area contributed by atoms with E-state index >= 15 is 0 Å². The summed E-state index contributed by atoms with van der Waals surface area (Å²) in [5, 5.41) is 3.31. The monoisotopic (exact) mass is 408 g/mol. The van der Waals surface area contributed by atoms with Crippen molar-refractivity contribution >= 4 is 39.9 Å². The molecule has 1 amide bonds. The number of Topliss-reactive ketones (excluding diaryl/α,β-unsaturated/α-hetero) is 1. The average molecular weight is 409 g/mol. The van der Waals surface area contributed by atoms with Crippen LogP contribution in [0.25, 0.3) is 10.9 Å². The van der Waals surface area contributed by atoms with Crippen LogP contribution in [0, 0.1) is 13.8 Å². The van der Waals surface area contributed by atoms with E-state index in [-0.39, 0.29) is 17.6 Å². The first-order valence-electron chi connectivity index (χ1n) is 8.35. The van der Waals surface area contributed by atoms with Crippen LogP contribution in [-0.4, -0.2) is 22.4 Å². The molecule has 0 atom stereocenters. The molecule has 0 saturated heterocycles. The minimum atomic E-state index is -5.00. The lowest BCUT2D eigenvalue weighted by Gasteiger charge is -2.11. The van der Waals surface area contributed by atoms with E-state index < -0.39 is 23.4 Å². The second-order valence-corrected chi connectivity index (χ2v) is 6.81. The molecule has 4 nitrogen and oxygen atoms in total. The molecule has 0 bridgehead atoms. The highest BCUT2D eigenvalue weighted by Gasteiger charge is 2.42. The molecule has 28 heavy (non-hydrogen) atoms. The van der Waals surface area contributed by atoms with Gasteiger partial charge in [-0.3, -0.25) is 9.59 Å². The second kappa shape index (κ2) is 7.31. The molecule has 1 aromatic heterocycles. The SMILES string of the molecule is Cc1ccc(NC(=O)Cn2c(C)c(C(=O)C(F)(F)F)c3ccccc32)cc1Cl. The molecule has 0 fully saturated rings. The molecular weight excluding hydrogens is 393 g/mol. The van der Waals surface area contributed by atoms with Crippen molar-refractivity contribution in [3.05, 3.63) is 64.3 Å². The summed E-state index contributed by atoms with van der Waals surface area (Å²) in [5.41, 5.74) is 1.35. The number of halogens is 4. The molecule has 0 aliphatic rings. The zero-order chi connectivity index (χ0) is 20.6. The summed E-state index contributed by atoms with van der Waals surface area (Å²) >= 11 is 6.04. The molecular formula is C20H16ClF3N2O2. The summed E-state index contributed by atoms with van der Waals surface area (Å²) in [4.78, 5) is 24.4. The van der Waals surface area contributed by atoms with Gasteiger partial charge >= 0.3 is 6.18 Å². The number of aromatic nitrogens is 1. The lowest BCUT2D eigenvalue weighted by atomic mass is 10.1. The van der Waals surface area contributed by atoms with Crippen LogP contribution < -0.4 is 5.32 Å². The number of alkyl halides is 3. The first-order valence-corrected chi connectivity index (χ1v) is 8.72. The molecule has 1 heterocycles. The van der Waals surface area contributed by atoms with E-state index in [4.69, 9.17) is 11.6 Å².